The summed E-state index contributed by atoms with van der Waals surface area (Å²) in [6.07, 6.45) is 3.00. The van der Waals surface area contributed by atoms with Crippen molar-refractivity contribution in [3.63, 3.8) is 0 Å². The van der Waals surface area contributed by atoms with E-state index < -0.39 is 0 Å². The first-order valence-electron chi connectivity index (χ1n) is 5.96. The second kappa shape index (κ2) is 7.16. The van der Waals surface area contributed by atoms with Crippen LogP contribution >= 0.6 is 11.8 Å². The van der Waals surface area contributed by atoms with Crippen molar-refractivity contribution in [3.05, 3.63) is 24.3 Å². The third kappa shape index (κ3) is 4.14. The van der Waals surface area contributed by atoms with Gasteiger partial charge in [0.05, 0.1) is 0 Å². The number of nitrogens with one attached hydrogen (secondary N) is 1. The molecule has 0 radical (unpaired) electrons. The first kappa shape index (κ1) is 14.7. The van der Waals surface area contributed by atoms with E-state index in [9.17, 15) is 4.79 Å². The predicted octanol–water partition coefficient (Wildman–Crippen LogP) is 2.87. The van der Waals surface area contributed by atoms with Crippen LogP contribution in [0.4, 0.5) is 16.2 Å². The molecule has 0 saturated carbocycles. The molecule has 0 aliphatic rings. The lowest BCUT2D eigenvalue weighted by atomic mass is 10.2. The van der Waals surface area contributed by atoms with Crippen LogP contribution in [0, 0.1) is 0 Å². The van der Waals surface area contributed by atoms with E-state index in [1.54, 1.807) is 40.9 Å². The van der Waals surface area contributed by atoms with E-state index in [1.807, 2.05) is 13.3 Å². The van der Waals surface area contributed by atoms with E-state index in [4.69, 9.17) is 5.73 Å². The van der Waals surface area contributed by atoms with Gasteiger partial charge in [0, 0.05) is 30.2 Å². The summed E-state index contributed by atoms with van der Waals surface area (Å²) in [4.78, 5) is 13.8. The summed E-state index contributed by atoms with van der Waals surface area (Å²) in [6, 6.07) is 7.33. The van der Waals surface area contributed by atoms with Crippen molar-refractivity contribution in [2.75, 3.05) is 30.1 Å². The Kier molecular flexibility index (Phi) is 5.85. The Morgan fingerprint density at radius 1 is 1.44 bits per heavy atom. The molecule has 1 atom stereocenters. The smallest absolute Gasteiger partial charge is 0.321 e. The molecule has 1 unspecified atom stereocenters. The van der Waals surface area contributed by atoms with Crippen molar-refractivity contribution in [1.29, 1.82) is 0 Å². The molecule has 0 spiro atoms. The second-order valence-corrected chi connectivity index (χ2v) is 5.09. The number of nitrogens with zero attached hydrogens (tertiary/aromatic N) is 1. The number of rotatable bonds is 5. The van der Waals surface area contributed by atoms with E-state index in [2.05, 4.69) is 12.2 Å². The summed E-state index contributed by atoms with van der Waals surface area (Å²) in [6.45, 7) is 2.09. The van der Waals surface area contributed by atoms with Gasteiger partial charge in [-0.2, -0.15) is 11.8 Å². The molecule has 0 saturated heterocycles. The van der Waals surface area contributed by atoms with Crippen LogP contribution in [0.1, 0.15) is 13.3 Å². The van der Waals surface area contributed by atoms with Gasteiger partial charge < -0.3 is 16.0 Å². The number of nitrogens with two attached hydrogens (primary N) is 1. The molecule has 0 aliphatic heterocycles. The summed E-state index contributed by atoms with van der Waals surface area (Å²) in [5.74, 6) is 0.947. The minimum Gasteiger partial charge on any atom is -0.399 e. The van der Waals surface area contributed by atoms with Gasteiger partial charge in [-0.05, 0) is 36.9 Å². The Balaban J connectivity index is 2.61. The van der Waals surface area contributed by atoms with Crippen molar-refractivity contribution in [2.45, 2.75) is 19.4 Å². The van der Waals surface area contributed by atoms with Crippen LogP contribution in [-0.4, -0.2) is 36.0 Å². The van der Waals surface area contributed by atoms with Crippen LogP contribution in [0.25, 0.3) is 0 Å². The van der Waals surface area contributed by atoms with Crippen LogP contribution in [0.3, 0.4) is 0 Å². The van der Waals surface area contributed by atoms with E-state index in [1.165, 1.54) is 0 Å². The van der Waals surface area contributed by atoms with E-state index in [-0.39, 0.29) is 12.1 Å². The van der Waals surface area contributed by atoms with Crippen molar-refractivity contribution in [2.24, 2.45) is 0 Å². The highest BCUT2D eigenvalue weighted by atomic mass is 32.2. The molecule has 5 heteroatoms. The summed E-state index contributed by atoms with van der Waals surface area (Å²) in [7, 11) is 1.83. The standard InChI is InChI=1S/C13H21N3OS/c1-4-12(9-18-3)16(2)13(17)15-11-7-5-10(14)6-8-11/h5-8,12H,4,9,14H2,1-3H3,(H,15,17). The maximum atomic E-state index is 12.0. The van der Waals surface area contributed by atoms with Crippen molar-refractivity contribution >= 4 is 29.2 Å². The zero-order chi connectivity index (χ0) is 13.5. The summed E-state index contributed by atoms with van der Waals surface area (Å²) < 4.78 is 0. The van der Waals surface area contributed by atoms with Gasteiger partial charge in [0.1, 0.15) is 0 Å². The van der Waals surface area contributed by atoms with Crippen LogP contribution in [0.2, 0.25) is 0 Å². The number of nitrogen functional groups attached to an aromatic ring is 1. The zero-order valence-corrected chi connectivity index (χ0v) is 12.0. The first-order valence-corrected chi connectivity index (χ1v) is 7.36. The Labute approximate surface area is 113 Å². The molecule has 18 heavy (non-hydrogen) atoms. The molecule has 1 aromatic rings. The molecular weight excluding hydrogens is 246 g/mol. The number of carbonyl (C=O) groups is 1. The van der Waals surface area contributed by atoms with E-state index in [0.29, 0.717) is 5.69 Å². The summed E-state index contributed by atoms with van der Waals surface area (Å²) >= 11 is 1.75. The topological polar surface area (TPSA) is 58.4 Å². The van der Waals surface area contributed by atoms with Gasteiger partial charge in [0.2, 0.25) is 0 Å². The van der Waals surface area contributed by atoms with Gasteiger partial charge in [-0.1, -0.05) is 6.92 Å². The van der Waals surface area contributed by atoms with Gasteiger partial charge in [-0.25, -0.2) is 4.79 Å². The van der Waals surface area contributed by atoms with Gasteiger partial charge in [-0.3, -0.25) is 0 Å². The minimum atomic E-state index is -0.0827. The van der Waals surface area contributed by atoms with Crippen LogP contribution < -0.4 is 11.1 Å². The molecule has 0 aromatic heterocycles. The third-order valence-electron chi connectivity index (χ3n) is 2.86. The van der Waals surface area contributed by atoms with Crippen LogP contribution in [0.5, 0.6) is 0 Å². The molecule has 1 aromatic carbocycles. The highest BCUT2D eigenvalue weighted by molar-refractivity contribution is 7.98. The Morgan fingerprint density at radius 2 is 2.06 bits per heavy atom. The highest BCUT2D eigenvalue weighted by Gasteiger charge is 2.17. The molecule has 1 rings (SSSR count). The number of carbonyl (C=O) groups excluding carboxylic acids is 1. The Bertz CT molecular complexity index is 380. The van der Waals surface area contributed by atoms with Crippen molar-refractivity contribution in [3.8, 4) is 0 Å². The lowest BCUT2D eigenvalue weighted by molar-refractivity contribution is 0.207. The quantitative estimate of drug-likeness (QED) is 0.806. The average Bonchev–Trinajstić information content (AvgIpc) is 2.37. The summed E-state index contributed by atoms with van der Waals surface area (Å²) in [5, 5.41) is 2.86. The number of benzene rings is 1. The number of urea groups is 1. The second-order valence-electron chi connectivity index (χ2n) is 4.18. The molecule has 100 valence electrons. The maximum Gasteiger partial charge on any atom is 0.321 e. The fourth-order valence-electron chi connectivity index (χ4n) is 1.64. The Morgan fingerprint density at radius 3 is 2.56 bits per heavy atom. The average molecular weight is 267 g/mol. The van der Waals surface area contributed by atoms with E-state index >= 15 is 0 Å². The number of amides is 2. The molecule has 3 N–H and O–H groups in total. The maximum absolute atomic E-state index is 12.0. The molecule has 0 aliphatic carbocycles. The van der Waals surface area contributed by atoms with Crippen molar-refractivity contribution in [1.82, 2.24) is 4.90 Å². The van der Waals surface area contributed by atoms with E-state index in [0.717, 1.165) is 17.9 Å². The van der Waals surface area contributed by atoms with Gasteiger partial charge in [-0.15, -0.1) is 0 Å². The van der Waals surface area contributed by atoms with Crippen LogP contribution in [-0.2, 0) is 0 Å². The highest BCUT2D eigenvalue weighted by Crippen LogP contribution is 2.13. The zero-order valence-electron chi connectivity index (χ0n) is 11.1. The van der Waals surface area contributed by atoms with Gasteiger partial charge >= 0.3 is 6.03 Å². The lowest BCUT2D eigenvalue weighted by Gasteiger charge is -2.26. The van der Waals surface area contributed by atoms with Gasteiger partial charge in [0.25, 0.3) is 0 Å². The molecule has 0 bridgehead atoms. The molecular formula is C13H21N3OS. The molecule has 0 heterocycles. The Hall–Kier alpha value is -1.36. The fourth-order valence-corrected chi connectivity index (χ4v) is 2.48. The monoisotopic (exact) mass is 267 g/mol. The summed E-state index contributed by atoms with van der Waals surface area (Å²) in [5.41, 5.74) is 7.05. The molecule has 0 fully saturated rings. The largest absolute Gasteiger partial charge is 0.399 e. The number of hydrogen-bond donors (Lipinski definition) is 2. The first-order chi connectivity index (χ1) is 8.58. The number of anilines is 2. The van der Waals surface area contributed by atoms with Gasteiger partial charge in [0.15, 0.2) is 0 Å². The predicted molar refractivity (Wildman–Crippen MR) is 80.1 cm³/mol. The fraction of sp³-hybridized carbons (Fsp3) is 0.462. The molecule has 2 amide bonds. The number of hydrogen-bond acceptors (Lipinski definition) is 3. The minimum absolute atomic E-state index is 0.0827. The number of thioether (sulfide) groups is 1. The third-order valence-corrected chi connectivity index (χ3v) is 3.58. The van der Waals surface area contributed by atoms with Crippen LogP contribution in [0.15, 0.2) is 24.3 Å². The SMILES string of the molecule is CCC(CSC)N(C)C(=O)Nc1ccc(N)cc1. The normalized spacial score (nSPS) is 11.9. The molecule has 4 nitrogen and oxygen atoms in total. The van der Waals surface area contributed by atoms with Crippen molar-refractivity contribution < 1.29 is 4.79 Å². The lowest BCUT2D eigenvalue weighted by Crippen LogP contribution is -2.40.